The lowest BCUT2D eigenvalue weighted by atomic mass is 9.85. The number of hydrogen-bond acceptors (Lipinski definition) is 14. The van der Waals surface area contributed by atoms with Gasteiger partial charge in [0.1, 0.15) is 43.2 Å². The molecule has 0 bridgehead atoms. The van der Waals surface area contributed by atoms with E-state index < -0.39 is 89.6 Å². The molecule has 0 saturated heterocycles. The van der Waals surface area contributed by atoms with Crippen molar-refractivity contribution in [3.8, 4) is 0 Å². The number of ether oxygens (including phenoxy) is 2. The van der Waals surface area contributed by atoms with E-state index in [-0.39, 0.29) is 12.8 Å². The van der Waals surface area contributed by atoms with E-state index in [9.17, 15) is 49.1 Å². The molecule has 0 aliphatic heterocycles. The second-order valence-electron chi connectivity index (χ2n) is 15.6. The first-order valence-corrected chi connectivity index (χ1v) is 25.9. The van der Waals surface area contributed by atoms with E-state index >= 15 is 0 Å². The van der Waals surface area contributed by atoms with Gasteiger partial charge in [-0.25, -0.2) is 9.13 Å². The highest BCUT2D eigenvalue weighted by Gasteiger charge is 2.54. The molecule has 376 valence electrons. The van der Waals surface area contributed by atoms with Gasteiger partial charge in [-0.1, -0.05) is 124 Å². The average Bonchev–Trinajstić information content (AvgIpc) is 3.27. The second kappa shape index (κ2) is 36.9. The molecule has 1 fully saturated rings. The van der Waals surface area contributed by atoms with Crippen molar-refractivity contribution in [2.45, 2.75) is 172 Å². The predicted octanol–water partition coefficient (Wildman–Crippen LogP) is 7.36. The highest BCUT2D eigenvalue weighted by molar-refractivity contribution is 7.47. The highest BCUT2D eigenvalue weighted by atomic mass is 31.2. The van der Waals surface area contributed by atoms with Crippen LogP contribution in [-0.4, -0.2) is 114 Å². The zero-order valence-corrected chi connectivity index (χ0v) is 40.2. The predicted molar refractivity (Wildman–Crippen MR) is 251 cm³/mol. The van der Waals surface area contributed by atoms with Crippen molar-refractivity contribution >= 4 is 27.6 Å². The summed E-state index contributed by atoms with van der Waals surface area (Å²) in [6.07, 6.45) is 28.3. The van der Waals surface area contributed by atoms with E-state index in [2.05, 4.69) is 60.9 Å². The van der Waals surface area contributed by atoms with Crippen molar-refractivity contribution in [2.75, 3.05) is 13.2 Å². The van der Waals surface area contributed by atoms with Gasteiger partial charge in [0.15, 0.2) is 6.10 Å². The number of phosphoric acid groups is 2. The van der Waals surface area contributed by atoms with Crippen LogP contribution >= 0.6 is 15.6 Å². The molecule has 9 atom stereocenters. The lowest BCUT2D eigenvalue weighted by Crippen LogP contribution is -2.64. The Morgan fingerprint density at radius 2 is 1.11 bits per heavy atom. The number of allylic oxidation sites excluding steroid dienone is 14. The average molecular weight is 975 g/mol. The molecular formula is C47H76O17P2. The summed E-state index contributed by atoms with van der Waals surface area (Å²) in [5.41, 5.74) is 0. The number of carbonyl (C=O) groups excluding carboxylic acids is 2. The van der Waals surface area contributed by atoms with E-state index in [1.54, 1.807) is 12.2 Å². The van der Waals surface area contributed by atoms with Crippen LogP contribution < -0.4 is 0 Å². The highest BCUT2D eigenvalue weighted by Crippen LogP contribution is 2.49. The molecular weight excluding hydrogens is 898 g/mol. The Labute approximate surface area is 390 Å². The lowest BCUT2D eigenvalue weighted by molar-refractivity contribution is -0.216. The second-order valence-corrected chi connectivity index (χ2v) is 18.2. The molecule has 8 N–H and O–H groups in total. The molecule has 0 heterocycles. The Morgan fingerprint density at radius 1 is 0.576 bits per heavy atom. The van der Waals surface area contributed by atoms with Gasteiger partial charge in [0.25, 0.3) is 0 Å². The Balaban J connectivity index is 2.72. The lowest BCUT2D eigenvalue weighted by Gasteiger charge is -2.43. The molecule has 0 aromatic heterocycles. The van der Waals surface area contributed by atoms with Crippen LogP contribution in [0.15, 0.2) is 97.2 Å². The fourth-order valence-electron chi connectivity index (χ4n) is 6.15. The summed E-state index contributed by atoms with van der Waals surface area (Å²) in [6, 6.07) is 0. The van der Waals surface area contributed by atoms with Gasteiger partial charge in [-0.3, -0.25) is 23.2 Å². The number of phosphoric ester groups is 2. The SMILES string of the molecule is CC/C=C\C/C=C\CC(O)/C=C/C=C\C/C=C\CCCC(=O)O[C@H](COC(=O)CCCC/C=C\C/C=C\C/C=C\CCCCC)COP(=O)(O)O[C@H]1C(O)C(O)C(O)[C@@H](OP(=O)(O)O)C1O. The summed E-state index contributed by atoms with van der Waals surface area (Å²) in [6.45, 7) is 2.79. The number of unbranched alkanes of at least 4 members (excludes halogenated alkanes) is 6. The molecule has 0 amide bonds. The van der Waals surface area contributed by atoms with Crippen molar-refractivity contribution in [2.24, 2.45) is 0 Å². The van der Waals surface area contributed by atoms with Gasteiger partial charge >= 0.3 is 27.6 Å². The minimum atomic E-state index is -5.39. The zero-order valence-electron chi connectivity index (χ0n) is 38.4. The zero-order chi connectivity index (χ0) is 49.1. The summed E-state index contributed by atoms with van der Waals surface area (Å²) in [5, 5.41) is 51.2. The summed E-state index contributed by atoms with van der Waals surface area (Å²) in [7, 11) is -10.7. The van der Waals surface area contributed by atoms with Crippen LogP contribution in [0.2, 0.25) is 0 Å². The molecule has 66 heavy (non-hydrogen) atoms. The normalized spacial score (nSPS) is 22.9. The first kappa shape index (κ1) is 60.9. The van der Waals surface area contributed by atoms with Crippen LogP contribution in [0.5, 0.6) is 0 Å². The van der Waals surface area contributed by atoms with Crippen LogP contribution in [0, 0.1) is 0 Å². The molecule has 0 aromatic rings. The number of carbonyl (C=O) groups is 2. The number of esters is 2. The van der Waals surface area contributed by atoms with Crippen LogP contribution in [0.3, 0.4) is 0 Å². The Morgan fingerprint density at radius 3 is 1.71 bits per heavy atom. The molecule has 17 nitrogen and oxygen atoms in total. The van der Waals surface area contributed by atoms with E-state index in [0.717, 1.165) is 38.5 Å². The first-order chi connectivity index (χ1) is 31.5. The minimum absolute atomic E-state index is 0.0414. The van der Waals surface area contributed by atoms with Crippen LogP contribution in [0.25, 0.3) is 0 Å². The summed E-state index contributed by atoms with van der Waals surface area (Å²) >= 11 is 0. The van der Waals surface area contributed by atoms with E-state index in [0.29, 0.717) is 38.5 Å². The molecule has 0 spiro atoms. The number of aliphatic hydroxyl groups is 5. The quantitative estimate of drug-likeness (QED) is 0.0100. The number of rotatable bonds is 36. The fraction of sp³-hybridized carbons (Fsp3) is 0.617. The molecule has 1 saturated carbocycles. The van der Waals surface area contributed by atoms with Gasteiger partial charge < -0.3 is 49.7 Å². The maximum Gasteiger partial charge on any atom is 0.472 e. The van der Waals surface area contributed by atoms with Gasteiger partial charge in [0.2, 0.25) is 0 Å². The Bertz CT molecular complexity index is 1670. The van der Waals surface area contributed by atoms with Crippen molar-refractivity contribution < 1.29 is 82.0 Å². The maximum absolute atomic E-state index is 13.0. The van der Waals surface area contributed by atoms with Crippen LogP contribution in [0.4, 0.5) is 0 Å². The molecule has 0 aromatic carbocycles. The molecule has 1 aliphatic carbocycles. The summed E-state index contributed by atoms with van der Waals surface area (Å²) in [5.74, 6) is -1.37. The summed E-state index contributed by atoms with van der Waals surface area (Å²) < 4.78 is 49.2. The largest absolute Gasteiger partial charge is 0.472 e. The smallest absolute Gasteiger partial charge is 0.462 e. The van der Waals surface area contributed by atoms with Crippen LogP contribution in [0.1, 0.15) is 123 Å². The molecule has 0 radical (unpaired) electrons. The van der Waals surface area contributed by atoms with Gasteiger partial charge in [0.05, 0.1) is 12.7 Å². The monoisotopic (exact) mass is 974 g/mol. The third-order valence-corrected chi connectivity index (χ3v) is 11.2. The Kier molecular flexibility index (Phi) is 34.0. The van der Waals surface area contributed by atoms with E-state index in [4.69, 9.17) is 28.3 Å². The summed E-state index contributed by atoms with van der Waals surface area (Å²) in [4.78, 5) is 54.2. The molecule has 6 unspecified atom stereocenters. The van der Waals surface area contributed by atoms with Gasteiger partial charge in [0, 0.05) is 12.8 Å². The number of aliphatic hydroxyl groups excluding tert-OH is 5. The molecule has 1 rings (SSSR count). The first-order valence-electron chi connectivity index (χ1n) is 22.9. The molecule has 1 aliphatic rings. The third-order valence-electron chi connectivity index (χ3n) is 9.72. The fourth-order valence-corrected chi connectivity index (χ4v) is 7.69. The van der Waals surface area contributed by atoms with Crippen molar-refractivity contribution in [3.63, 3.8) is 0 Å². The van der Waals surface area contributed by atoms with Crippen molar-refractivity contribution in [1.29, 1.82) is 0 Å². The van der Waals surface area contributed by atoms with Crippen molar-refractivity contribution in [1.82, 2.24) is 0 Å². The maximum atomic E-state index is 13.0. The Hall–Kier alpha value is -3.12. The van der Waals surface area contributed by atoms with Crippen LogP contribution in [-0.2, 0) is 41.8 Å². The van der Waals surface area contributed by atoms with E-state index in [1.807, 2.05) is 42.5 Å². The number of hydrogen-bond donors (Lipinski definition) is 8. The van der Waals surface area contributed by atoms with Gasteiger partial charge in [-0.05, 0) is 83.5 Å². The van der Waals surface area contributed by atoms with Crippen molar-refractivity contribution in [3.05, 3.63) is 97.2 Å². The van der Waals surface area contributed by atoms with Gasteiger partial charge in [-0.2, -0.15) is 0 Å². The third kappa shape index (κ3) is 31.0. The van der Waals surface area contributed by atoms with E-state index in [1.165, 1.54) is 19.3 Å². The van der Waals surface area contributed by atoms with Gasteiger partial charge in [-0.15, -0.1) is 0 Å². The topological polar surface area (TPSA) is 276 Å². The minimum Gasteiger partial charge on any atom is -0.462 e. The molecule has 19 heteroatoms. The standard InChI is InChI=1S/C47H76O17P2/c1-3-5-7-9-11-12-13-14-15-16-17-18-22-26-30-34-40(49)60-36-39(37-61-66(58,59)64-47-44(53)42(51)43(52)46(45(47)54)63-65(55,56)57)62-41(50)35-31-27-23-20-19-21-25-29-33-38(48)32-28-24-10-8-6-4-2/h6,8,11-12,14-15,17-18,20-21,23-25,28-29,33,38-39,42-48,51-54H,3-5,7,9-10,13,16,19,22,26-27,30-32,34-37H2,1-2H3,(H,58,59)(H2,55,56,57)/b8-6-,12-11-,15-14-,18-17-,23-20-,25-21-,28-24-,33-29+/t38?,39-,42?,43?,44?,45?,46-,47+/m1/s1.